The predicted molar refractivity (Wildman–Crippen MR) is 64.0 cm³/mol. The summed E-state index contributed by atoms with van der Waals surface area (Å²) in [6.45, 7) is 4.31. The zero-order valence-electron chi connectivity index (χ0n) is 9.61. The van der Waals surface area contributed by atoms with E-state index in [0.29, 0.717) is 12.0 Å². The molecule has 1 heterocycles. The first-order valence-electron chi connectivity index (χ1n) is 5.66. The summed E-state index contributed by atoms with van der Waals surface area (Å²) in [6.07, 6.45) is 1.12. The minimum Gasteiger partial charge on any atom is -0.327 e. The van der Waals surface area contributed by atoms with Crippen LogP contribution < -0.4 is 5.73 Å². The van der Waals surface area contributed by atoms with Gasteiger partial charge >= 0.3 is 0 Å². The summed E-state index contributed by atoms with van der Waals surface area (Å²) >= 11 is 0. The number of benzene rings is 1. The van der Waals surface area contributed by atoms with E-state index >= 15 is 0 Å². The molecule has 0 spiro atoms. The molecule has 2 heteroatoms. The number of aryl methyl sites for hydroxylation is 1. The monoisotopic (exact) mass is 204 g/mol. The zero-order valence-corrected chi connectivity index (χ0v) is 9.61. The second kappa shape index (κ2) is 4.33. The predicted octanol–water partition coefficient (Wildman–Crippen LogP) is 1.74. The molecule has 0 bridgehead atoms. The highest BCUT2D eigenvalue weighted by Crippen LogP contribution is 2.26. The normalized spacial score (nSPS) is 27.9. The van der Waals surface area contributed by atoms with Gasteiger partial charge in [0.1, 0.15) is 0 Å². The maximum absolute atomic E-state index is 6.05. The lowest BCUT2D eigenvalue weighted by atomic mass is 9.88. The van der Waals surface area contributed by atoms with Crippen LogP contribution >= 0.6 is 0 Å². The number of nitrogens with zero attached hydrogens (tertiary/aromatic N) is 1. The number of piperidine rings is 1. The first-order chi connectivity index (χ1) is 7.15. The van der Waals surface area contributed by atoms with Gasteiger partial charge in [-0.15, -0.1) is 0 Å². The van der Waals surface area contributed by atoms with Crippen LogP contribution in [0.5, 0.6) is 0 Å². The van der Waals surface area contributed by atoms with Gasteiger partial charge in [-0.25, -0.2) is 0 Å². The number of hydrogen-bond acceptors (Lipinski definition) is 2. The summed E-state index contributed by atoms with van der Waals surface area (Å²) in [7, 11) is 2.15. The SMILES string of the molecule is Cc1cccc([C@H]2C[C@@H](N)CN(C)C2)c1. The average molecular weight is 204 g/mol. The molecule has 1 aliphatic rings. The summed E-state index contributed by atoms with van der Waals surface area (Å²) in [4.78, 5) is 2.33. The van der Waals surface area contributed by atoms with Crippen LogP contribution in [0.1, 0.15) is 23.5 Å². The van der Waals surface area contributed by atoms with Gasteiger partial charge in [0.25, 0.3) is 0 Å². The summed E-state index contributed by atoms with van der Waals surface area (Å²) in [5.41, 5.74) is 8.83. The van der Waals surface area contributed by atoms with E-state index in [1.54, 1.807) is 0 Å². The lowest BCUT2D eigenvalue weighted by Crippen LogP contribution is -2.44. The highest BCUT2D eigenvalue weighted by Gasteiger charge is 2.23. The summed E-state index contributed by atoms with van der Waals surface area (Å²) in [5.74, 6) is 0.610. The first kappa shape index (κ1) is 10.7. The minimum absolute atomic E-state index is 0.328. The summed E-state index contributed by atoms with van der Waals surface area (Å²) in [6, 6.07) is 9.13. The van der Waals surface area contributed by atoms with Crippen LogP contribution in [0.4, 0.5) is 0 Å². The van der Waals surface area contributed by atoms with E-state index in [1.165, 1.54) is 11.1 Å². The molecule has 0 saturated carbocycles. The van der Waals surface area contributed by atoms with Crippen molar-refractivity contribution in [2.45, 2.75) is 25.3 Å². The smallest absolute Gasteiger partial charge is 0.0174 e. The second-order valence-corrected chi connectivity index (χ2v) is 4.83. The molecular weight excluding hydrogens is 184 g/mol. The molecule has 0 aliphatic carbocycles. The Morgan fingerprint density at radius 2 is 2.13 bits per heavy atom. The molecule has 2 N–H and O–H groups in total. The van der Waals surface area contributed by atoms with Crippen molar-refractivity contribution in [1.82, 2.24) is 4.90 Å². The summed E-state index contributed by atoms with van der Waals surface area (Å²) in [5, 5.41) is 0. The van der Waals surface area contributed by atoms with Crippen molar-refractivity contribution in [3.63, 3.8) is 0 Å². The van der Waals surface area contributed by atoms with E-state index in [0.717, 1.165) is 19.5 Å². The molecule has 0 amide bonds. The third-order valence-corrected chi connectivity index (χ3v) is 3.18. The van der Waals surface area contributed by atoms with Gasteiger partial charge in [0.2, 0.25) is 0 Å². The topological polar surface area (TPSA) is 29.3 Å². The molecule has 1 aromatic rings. The molecule has 82 valence electrons. The van der Waals surface area contributed by atoms with Crippen molar-refractivity contribution < 1.29 is 0 Å². The molecule has 2 nitrogen and oxygen atoms in total. The minimum atomic E-state index is 0.328. The van der Waals surface area contributed by atoms with Crippen LogP contribution in [0.2, 0.25) is 0 Å². The van der Waals surface area contributed by atoms with E-state index in [9.17, 15) is 0 Å². The van der Waals surface area contributed by atoms with E-state index in [-0.39, 0.29) is 0 Å². The third kappa shape index (κ3) is 2.58. The second-order valence-electron chi connectivity index (χ2n) is 4.83. The molecule has 0 unspecified atom stereocenters. The van der Waals surface area contributed by atoms with Crippen molar-refractivity contribution in [1.29, 1.82) is 0 Å². The zero-order chi connectivity index (χ0) is 10.8. The Morgan fingerprint density at radius 1 is 1.33 bits per heavy atom. The number of nitrogens with two attached hydrogens (primary N) is 1. The van der Waals surface area contributed by atoms with Crippen molar-refractivity contribution in [2.75, 3.05) is 20.1 Å². The maximum atomic E-state index is 6.05. The van der Waals surface area contributed by atoms with Crippen LogP contribution in [0.25, 0.3) is 0 Å². The van der Waals surface area contributed by atoms with Crippen LogP contribution in [0.15, 0.2) is 24.3 Å². The molecule has 1 saturated heterocycles. The Kier molecular flexibility index (Phi) is 3.08. The first-order valence-corrected chi connectivity index (χ1v) is 5.66. The molecule has 1 aromatic carbocycles. The van der Waals surface area contributed by atoms with Crippen LogP contribution in [-0.2, 0) is 0 Å². The molecular formula is C13H20N2. The van der Waals surface area contributed by atoms with Gasteiger partial charge in [0.05, 0.1) is 0 Å². The fraction of sp³-hybridized carbons (Fsp3) is 0.538. The van der Waals surface area contributed by atoms with Crippen molar-refractivity contribution in [3.05, 3.63) is 35.4 Å². The lowest BCUT2D eigenvalue weighted by Gasteiger charge is -2.34. The molecule has 0 aromatic heterocycles. The van der Waals surface area contributed by atoms with Gasteiger partial charge in [-0.3, -0.25) is 0 Å². The molecule has 1 fully saturated rings. The number of rotatable bonds is 1. The van der Waals surface area contributed by atoms with Crippen molar-refractivity contribution >= 4 is 0 Å². The van der Waals surface area contributed by atoms with Gasteiger partial charge in [-0.05, 0) is 31.9 Å². The molecule has 1 aliphatic heterocycles. The van der Waals surface area contributed by atoms with Crippen LogP contribution in [0, 0.1) is 6.92 Å². The molecule has 2 rings (SSSR count). The Morgan fingerprint density at radius 3 is 2.80 bits per heavy atom. The van der Waals surface area contributed by atoms with Gasteiger partial charge in [0, 0.05) is 19.1 Å². The van der Waals surface area contributed by atoms with E-state index < -0.39 is 0 Å². The van der Waals surface area contributed by atoms with E-state index in [1.807, 2.05) is 0 Å². The fourth-order valence-corrected chi connectivity index (χ4v) is 2.53. The lowest BCUT2D eigenvalue weighted by molar-refractivity contribution is 0.227. The molecule has 0 radical (unpaired) electrons. The highest BCUT2D eigenvalue weighted by atomic mass is 15.1. The third-order valence-electron chi connectivity index (χ3n) is 3.18. The Hall–Kier alpha value is -0.860. The van der Waals surface area contributed by atoms with Crippen LogP contribution in [0.3, 0.4) is 0 Å². The van der Waals surface area contributed by atoms with Gasteiger partial charge in [-0.1, -0.05) is 29.8 Å². The quantitative estimate of drug-likeness (QED) is 0.755. The average Bonchev–Trinajstić information content (AvgIpc) is 2.16. The number of hydrogen-bond donors (Lipinski definition) is 1. The van der Waals surface area contributed by atoms with Crippen molar-refractivity contribution in [2.24, 2.45) is 5.73 Å². The molecule has 15 heavy (non-hydrogen) atoms. The fourth-order valence-electron chi connectivity index (χ4n) is 2.53. The number of likely N-dealkylation sites (N-methyl/N-ethyl adjacent to an activating group) is 1. The van der Waals surface area contributed by atoms with Gasteiger partial charge in [-0.2, -0.15) is 0 Å². The largest absolute Gasteiger partial charge is 0.327 e. The van der Waals surface area contributed by atoms with Crippen LogP contribution in [-0.4, -0.2) is 31.1 Å². The Balaban J connectivity index is 2.16. The summed E-state index contributed by atoms with van der Waals surface area (Å²) < 4.78 is 0. The molecule has 2 atom stereocenters. The highest BCUT2D eigenvalue weighted by molar-refractivity contribution is 5.26. The number of likely N-dealkylation sites (tertiary alicyclic amines) is 1. The van der Waals surface area contributed by atoms with Crippen molar-refractivity contribution in [3.8, 4) is 0 Å². The van der Waals surface area contributed by atoms with Gasteiger partial charge < -0.3 is 10.6 Å². The Labute approximate surface area is 92.1 Å². The van der Waals surface area contributed by atoms with E-state index in [2.05, 4.69) is 43.1 Å². The van der Waals surface area contributed by atoms with Gasteiger partial charge in [0.15, 0.2) is 0 Å². The Bertz CT molecular complexity index is 325. The van der Waals surface area contributed by atoms with E-state index in [4.69, 9.17) is 5.73 Å². The maximum Gasteiger partial charge on any atom is 0.0174 e. The standard InChI is InChI=1S/C13H20N2/c1-10-4-3-5-11(6-10)12-7-13(14)9-15(2)8-12/h3-6,12-13H,7-9,14H2,1-2H3/t12-,13+/m0/s1.